The smallest absolute Gasteiger partial charge is 0.320 e. The van der Waals surface area contributed by atoms with Crippen LogP contribution in [0.3, 0.4) is 0 Å². The van der Waals surface area contributed by atoms with Crippen LogP contribution in [0.5, 0.6) is 0 Å². The molecule has 0 bridgehead atoms. The van der Waals surface area contributed by atoms with Gasteiger partial charge in [0, 0.05) is 22.3 Å². The summed E-state index contributed by atoms with van der Waals surface area (Å²) < 4.78 is 5.61. The van der Waals surface area contributed by atoms with E-state index in [1.54, 1.807) is 11.8 Å². The predicted molar refractivity (Wildman–Crippen MR) is 106 cm³/mol. The number of hydrazone groups is 1. The third-order valence-electron chi connectivity index (χ3n) is 3.83. The molecular weight excluding hydrogens is 346 g/mol. The van der Waals surface area contributed by atoms with Crippen LogP contribution in [0, 0.1) is 13.8 Å². The standard InChI is InChI=1S/C20H21N3O2S/c1-13-5-8-16(9-6-13)26-11-10-18(24)21-20-23-22-19(25-20)17-12-14(2)4-7-15(17)3/h4-9,12,22H,3,10-11H2,1-2H3,(H,21,23,24). The van der Waals surface area contributed by atoms with Crippen molar-refractivity contribution in [1.29, 1.82) is 0 Å². The van der Waals surface area contributed by atoms with Gasteiger partial charge in [-0.15, -0.1) is 16.9 Å². The van der Waals surface area contributed by atoms with Crippen molar-refractivity contribution >= 4 is 36.2 Å². The van der Waals surface area contributed by atoms with E-state index in [9.17, 15) is 4.79 Å². The molecule has 0 radical (unpaired) electrons. The third kappa shape index (κ3) is 4.67. The van der Waals surface area contributed by atoms with E-state index in [0.29, 0.717) is 18.1 Å². The van der Waals surface area contributed by atoms with Gasteiger partial charge in [-0.05, 0) is 37.3 Å². The van der Waals surface area contributed by atoms with Gasteiger partial charge < -0.3 is 4.74 Å². The van der Waals surface area contributed by atoms with Crippen LogP contribution in [0.1, 0.15) is 17.5 Å². The molecule has 0 fully saturated rings. The molecule has 2 N–H and O–H groups in total. The Bertz CT molecular complexity index is 952. The van der Waals surface area contributed by atoms with E-state index in [1.165, 1.54) is 5.56 Å². The van der Waals surface area contributed by atoms with E-state index in [0.717, 1.165) is 20.9 Å². The number of ether oxygens (including phenoxy) is 1. The lowest BCUT2D eigenvalue weighted by Crippen LogP contribution is -2.32. The zero-order valence-corrected chi connectivity index (χ0v) is 15.7. The molecule has 0 spiro atoms. The van der Waals surface area contributed by atoms with Crippen molar-refractivity contribution < 1.29 is 9.53 Å². The van der Waals surface area contributed by atoms with Gasteiger partial charge in [-0.25, -0.2) is 5.43 Å². The predicted octanol–water partition coefficient (Wildman–Crippen LogP) is 1.97. The normalized spacial score (nSPS) is 15.1. The Morgan fingerprint density at radius 3 is 2.69 bits per heavy atom. The molecule has 1 aliphatic heterocycles. The topological polar surface area (TPSA) is 62.7 Å². The summed E-state index contributed by atoms with van der Waals surface area (Å²) in [4.78, 5) is 13.2. The summed E-state index contributed by atoms with van der Waals surface area (Å²) in [5, 5.41) is 8.36. The number of thioether (sulfide) groups is 1. The molecule has 5 nitrogen and oxygen atoms in total. The first-order valence-corrected chi connectivity index (χ1v) is 9.30. The monoisotopic (exact) mass is 367 g/mol. The number of nitrogens with one attached hydrogen (secondary N) is 2. The highest BCUT2D eigenvalue weighted by molar-refractivity contribution is 7.99. The number of carbonyl (C=O) groups excluding carboxylic acids is 1. The Hall–Kier alpha value is -2.73. The van der Waals surface area contributed by atoms with E-state index in [4.69, 9.17) is 4.74 Å². The molecule has 134 valence electrons. The van der Waals surface area contributed by atoms with Gasteiger partial charge in [-0.1, -0.05) is 42.0 Å². The molecule has 1 amide bonds. The molecule has 2 aromatic carbocycles. The highest BCUT2D eigenvalue weighted by Crippen LogP contribution is 2.18. The van der Waals surface area contributed by atoms with E-state index in [1.807, 2.05) is 25.1 Å². The van der Waals surface area contributed by atoms with Crippen LogP contribution in [-0.2, 0) is 9.53 Å². The number of rotatable bonds is 4. The average Bonchev–Trinajstić information content (AvgIpc) is 3.07. The summed E-state index contributed by atoms with van der Waals surface area (Å²) in [7, 11) is 0. The quantitative estimate of drug-likeness (QED) is 0.811. The second-order valence-electron chi connectivity index (χ2n) is 6.08. The number of aryl methyl sites for hydroxylation is 2. The van der Waals surface area contributed by atoms with Gasteiger partial charge in [-0.3, -0.25) is 10.1 Å². The maximum atomic E-state index is 12.1. The summed E-state index contributed by atoms with van der Waals surface area (Å²) in [5.41, 5.74) is 5.12. The molecule has 0 saturated carbocycles. The second kappa shape index (κ2) is 8.10. The number of hydrogen-bond donors (Lipinski definition) is 2. The van der Waals surface area contributed by atoms with Crippen molar-refractivity contribution in [1.82, 2.24) is 10.7 Å². The summed E-state index contributed by atoms with van der Waals surface area (Å²) in [6.45, 7) is 8.03. The van der Waals surface area contributed by atoms with E-state index < -0.39 is 0 Å². The second-order valence-corrected chi connectivity index (χ2v) is 7.25. The highest BCUT2D eigenvalue weighted by atomic mass is 32.2. The maximum absolute atomic E-state index is 12.1. The Kier molecular flexibility index (Phi) is 5.63. The molecule has 26 heavy (non-hydrogen) atoms. The minimum Gasteiger partial charge on any atom is -0.405 e. The van der Waals surface area contributed by atoms with E-state index in [-0.39, 0.29) is 11.9 Å². The van der Waals surface area contributed by atoms with Crippen LogP contribution >= 0.6 is 11.8 Å². The first-order valence-electron chi connectivity index (χ1n) is 8.32. The van der Waals surface area contributed by atoms with E-state index in [2.05, 4.69) is 53.6 Å². The number of carbonyl (C=O) groups is 1. The lowest BCUT2D eigenvalue weighted by atomic mass is 10.2. The Balaban J connectivity index is 1.52. The van der Waals surface area contributed by atoms with Crippen molar-refractivity contribution in [2.45, 2.75) is 25.2 Å². The molecule has 3 rings (SSSR count). The van der Waals surface area contributed by atoms with E-state index >= 15 is 0 Å². The minimum absolute atomic E-state index is 0.134. The van der Waals surface area contributed by atoms with Crippen LogP contribution in [-0.4, -0.2) is 17.7 Å². The molecule has 6 heteroatoms. The fraction of sp³-hybridized carbons (Fsp3) is 0.200. The minimum atomic E-state index is -0.134. The first kappa shape index (κ1) is 18.1. The lowest BCUT2D eigenvalue weighted by Gasteiger charge is -2.05. The number of hydrogen-bond acceptors (Lipinski definition) is 5. The molecule has 0 unspecified atom stereocenters. The van der Waals surface area contributed by atoms with Crippen LogP contribution in [0.2, 0.25) is 0 Å². The van der Waals surface area contributed by atoms with Gasteiger partial charge in [0.05, 0.1) is 0 Å². The Morgan fingerprint density at radius 1 is 1.19 bits per heavy atom. The van der Waals surface area contributed by atoms with Crippen molar-refractivity contribution in [3.63, 3.8) is 0 Å². The Morgan fingerprint density at radius 2 is 1.92 bits per heavy atom. The summed E-state index contributed by atoms with van der Waals surface area (Å²) in [6, 6.07) is 14.3. The third-order valence-corrected chi connectivity index (χ3v) is 4.85. The van der Waals surface area contributed by atoms with Crippen LogP contribution in [0.15, 0.2) is 52.5 Å². The summed E-state index contributed by atoms with van der Waals surface area (Å²) in [5.74, 6) is 1.03. The van der Waals surface area contributed by atoms with Gasteiger partial charge in [0.1, 0.15) is 0 Å². The SMILES string of the molecule is C=c1ccc(C)cc1=C1NN=C(NC(=O)CCSc2ccc(C)cc2)O1. The largest absolute Gasteiger partial charge is 0.405 e. The Labute approximate surface area is 156 Å². The zero-order valence-electron chi connectivity index (χ0n) is 14.8. The molecule has 0 saturated heterocycles. The molecule has 0 aromatic heterocycles. The lowest BCUT2D eigenvalue weighted by molar-refractivity contribution is -0.119. The van der Waals surface area contributed by atoms with Crippen LogP contribution in [0.25, 0.3) is 12.5 Å². The van der Waals surface area contributed by atoms with Crippen LogP contribution in [0.4, 0.5) is 0 Å². The molecule has 1 aliphatic rings. The first-order chi connectivity index (χ1) is 12.5. The number of amides is 1. The van der Waals surface area contributed by atoms with Gasteiger partial charge in [-0.2, -0.15) is 0 Å². The fourth-order valence-corrected chi connectivity index (χ4v) is 3.24. The van der Waals surface area contributed by atoms with Crippen molar-refractivity contribution in [3.05, 3.63) is 64.0 Å². The van der Waals surface area contributed by atoms with Crippen molar-refractivity contribution in [2.75, 3.05) is 5.75 Å². The zero-order chi connectivity index (χ0) is 18.5. The molecule has 0 atom stereocenters. The number of nitrogens with zero attached hydrogens (tertiary/aromatic N) is 1. The van der Waals surface area contributed by atoms with Gasteiger partial charge in [0.15, 0.2) is 0 Å². The van der Waals surface area contributed by atoms with Crippen molar-refractivity contribution in [2.24, 2.45) is 5.10 Å². The molecule has 1 heterocycles. The fourth-order valence-electron chi connectivity index (χ4n) is 2.39. The molecule has 2 aromatic rings. The maximum Gasteiger partial charge on any atom is 0.320 e. The van der Waals surface area contributed by atoms with Crippen molar-refractivity contribution in [3.8, 4) is 0 Å². The number of amidine groups is 1. The van der Waals surface area contributed by atoms with Gasteiger partial charge >= 0.3 is 6.02 Å². The summed E-state index contributed by atoms with van der Waals surface area (Å²) in [6.07, 6.45) is 0.376. The van der Waals surface area contributed by atoms with Gasteiger partial charge in [0.2, 0.25) is 11.8 Å². The highest BCUT2D eigenvalue weighted by Gasteiger charge is 2.16. The van der Waals surface area contributed by atoms with Crippen LogP contribution < -0.4 is 21.2 Å². The number of benzene rings is 2. The molecular formula is C20H21N3O2S. The average molecular weight is 367 g/mol. The molecule has 0 aliphatic carbocycles. The summed E-state index contributed by atoms with van der Waals surface area (Å²) >= 11 is 1.65. The van der Waals surface area contributed by atoms with Gasteiger partial charge in [0.25, 0.3) is 0 Å².